The zero-order valence-corrected chi connectivity index (χ0v) is 13.5. The largest absolute Gasteiger partial charge is 0.322 e. The second kappa shape index (κ2) is 6.92. The molecule has 2 aromatic carbocycles. The minimum Gasteiger partial charge on any atom is -0.322 e. The Morgan fingerprint density at radius 2 is 1.96 bits per heavy atom. The lowest BCUT2D eigenvalue weighted by Crippen LogP contribution is -2.08. The minimum atomic E-state index is -0.470. The standard InChI is InChI=1S/C19H15N3O3/c1-13-8-10-16-17(20-13)6-3-7-18(16)21-19(23)11-9-14-4-2-5-15(12-14)22(24)25/h2-12H,1H3,(H,21,23)/b11-9+. The van der Waals surface area contributed by atoms with Crippen LogP contribution in [0.2, 0.25) is 0 Å². The minimum absolute atomic E-state index is 0.0157. The lowest BCUT2D eigenvalue weighted by Gasteiger charge is -2.07. The Bertz CT molecular complexity index is 996. The van der Waals surface area contributed by atoms with Crippen molar-refractivity contribution < 1.29 is 9.72 Å². The van der Waals surface area contributed by atoms with Gasteiger partial charge in [-0.15, -0.1) is 0 Å². The summed E-state index contributed by atoms with van der Waals surface area (Å²) in [7, 11) is 0. The molecule has 0 saturated carbocycles. The maximum Gasteiger partial charge on any atom is 0.270 e. The van der Waals surface area contributed by atoms with Crippen LogP contribution in [0.3, 0.4) is 0 Å². The zero-order chi connectivity index (χ0) is 17.8. The third kappa shape index (κ3) is 3.87. The first-order valence-corrected chi connectivity index (χ1v) is 7.63. The van der Waals surface area contributed by atoms with Crippen LogP contribution < -0.4 is 5.32 Å². The number of hydrogen-bond acceptors (Lipinski definition) is 4. The molecule has 1 N–H and O–H groups in total. The van der Waals surface area contributed by atoms with E-state index in [1.54, 1.807) is 18.2 Å². The van der Waals surface area contributed by atoms with Crippen molar-refractivity contribution in [1.29, 1.82) is 0 Å². The van der Waals surface area contributed by atoms with Crippen molar-refractivity contribution in [3.63, 3.8) is 0 Å². The molecule has 0 aliphatic carbocycles. The number of benzene rings is 2. The highest BCUT2D eigenvalue weighted by atomic mass is 16.6. The average Bonchev–Trinajstić information content (AvgIpc) is 2.60. The highest BCUT2D eigenvalue weighted by Gasteiger charge is 2.06. The van der Waals surface area contributed by atoms with Crippen molar-refractivity contribution in [2.24, 2.45) is 0 Å². The first-order valence-electron chi connectivity index (χ1n) is 7.63. The number of hydrogen-bond donors (Lipinski definition) is 1. The summed E-state index contributed by atoms with van der Waals surface area (Å²) in [6.45, 7) is 1.91. The lowest BCUT2D eigenvalue weighted by atomic mass is 10.1. The summed E-state index contributed by atoms with van der Waals surface area (Å²) >= 11 is 0. The summed E-state index contributed by atoms with van der Waals surface area (Å²) < 4.78 is 0. The van der Waals surface area contributed by atoms with Gasteiger partial charge in [0.2, 0.25) is 5.91 Å². The number of non-ortho nitro benzene ring substituents is 1. The van der Waals surface area contributed by atoms with Crippen molar-refractivity contribution in [3.8, 4) is 0 Å². The summed E-state index contributed by atoms with van der Waals surface area (Å²) in [5.74, 6) is -0.320. The monoisotopic (exact) mass is 333 g/mol. The second-order valence-corrected chi connectivity index (χ2v) is 5.50. The number of carbonyl (C=O) groups excluding carboxylic acids is 1. The normalized spacial score (nSPS) is 10.9. The van der Waals surface area contributed by atoms with E-state index in [1.807, 2.05) is 31.2 Å². The number of nitrogens with zero attached hydrogens (tertiary/aromatic N) is 2. The number of rotatable bonds is 4. The van der Waals surface area contributed by atoms with E-state index in [0.29, 0.717) is 11.3 Å². The van der Waals surface area contributed by atoms with Gasteiger partial charge in [-0.3, -0.25) is 19.9 Å². The Hall–Kier alpha value is -3.54. The Labute approximate surface area is 144 Å². The number of pyridine rings is 1. The second-order valence-electron chi connectivity index (χ2n) is 5.50. The molecule has 0 bridgehead atoms. The third-order valence-electron chi connectivity index (χ3n) is 3.64. The maximum absolute atomic E-state index is 12.2. The predicted molar refractivity (Wildman–Crippen MR) is 97.2 cm³/mol. The molecule has 0 aliphatic rings. The van der Waals surface area contributed by atoms with Crippen LogP contribution in [0, 0.1) is 17.0 Å². The highest BCUT2D eigenvalue weighted by Crippen LogP contribution is 2.22. The molecular formula is C19H15N3O3. The fourth-order valence-electron chi connectivity index (χ4n) is 2.45. The van der Waals surface area contributed by atoms with Gasteiger partial charge in [-0.1, -0.05) is 18.2 Å². The summed E-state index contributed by atoms with van der Waals surface area (Å²) in [4.78, 5) is 26.9. The van der Waals surface area contributed by atoms with E-state index in [2.05, 4.69) is 10.3 Å². The van der Waals surface area contributed by atoms with Gasteiger partial charge < -0.3 is 5.32 Å². The average molecular weight is 333 g/mol. The molecule has 0 radical (unpaired) electrons. The van der Waals surface area contributed by atoms with Crippen LogP contribution in [0.15, 0.2) is 60.7 Å². The Balaban J connectivity index is 1.79. The van der Waals surface area contributed by atoms with Gasteiger partial charge in [0.05, 0.1) is 16.1 Å². The number of aromatic nitrogens is 1. The number of nitro benzene ring substituents is 1. The molecule has 0 unspecified atom stereocenters. The van der Waals surface area contributed by atoms with E-state index in [9.17, 15) is 14.9 Å². The van der Waals surface area contributed by atoms with E-state index >= 15 is 0 Å². The fourth-order valence-corrected chi connectivity index (χ4v) is 2.45. The topological polar surface area (TPSA) is 85.1 Å². The molecule has 0 saturated heterocycles. The van der Waals surface area contributed by atoms with Crippen molar-refractivity contribution in [2.45, 2.75) is 6.92 Å². The highest BCUT2D eigenvalue weighted by molar-refractivity contribution is 6.07. The molecule has 25 heavy (non-hydrogen) atoms. The van der Waals surface area contributed by atoms with Crippen molar-refractivity contribution in [3.05, 3.63) is 82.0 Å². The van der Waals surface area contributed by atoms with Gasteiger partial charge in [0, 0.05) is 29.3 Å². The zero-order valence-electron chi connectivity index (χ0n) is 13.5. The molecule has 0 aliphatic heterocycles. The van der Waals surface area contributed by atoms with Gasteiger partial charge >= 0.3 is 0 Å². The van der Waals surface area contributed by atoms with Gasteiger partial charge in [0.1, 0.15) is 0 Å². The summed E-state index contributed by atoms with van der Waals surface area (Å²) in [6.07, 6.45) is 2.88. The number of amides is 1. The molecule has 0 atom stereocenters. The number of aryl methyl sites for hydroxylation is 1. The molecule has 3 rings (SSSR count). The Morgan fingerprint density at radius 3 is 2.76 bits per heavy atom. The van der Waals surface area contributed by atoms with Crippen LogP contribution in [0.1, 0.15) is 11.3 Å². The van der Waals surface area contributed by atoms with Crippen LogP contribution in [0.5, 0.6) is 0 Å². The molecule has 1 aromatic heterocycles. The maximum atomic E-state index is 12.2. The number of carbonyl (C=O) groups is 1. The van der Waals surface area contributed by atoms with Gasteiger partial charge in [-0.25, -0.2) is 0 Å². The summed E-state index contributed by atoms with van der Waals surface area (Å²) in [6, 6.07) is 15.4. The first-order chi connectivity index (χ1) is 12.0. The van der Waals surface area contributed by atoms with Crippen molar-refractivity contribution in [2.75, 3.05) is 5.32 Å². The molecule has 0 fully saturated rings. The van der Waals surface area contributed by atoms with Crippen molar-refractivity contribution in [1.82, 2.24) is 4.98 Å². The van der Waals surface area contributed by atoms with Crippen LogP contribution in [0.4, 0.5) is 11.4 Å². The van der Waals surface area contributed by atoms with E-state index in [1.165, 1.54) is 24.3 Å². The van der Waals surface area contributed by atoms with E-state index in [-0.39, 0.29) is 11.6 Å². The number of nitro groups is 1. The van der Waals surface area contributed by atoms with E-state index < -0.39 is 4.92 Å². The lowest BCUT2D eigenvalue weighted by molar-refractivity contribution is -0.384. The first kappa shape index (κ1) is 16.3. The van der Waals surface area contributed by atoms with Gasteiger partial charge in [-0.2, -0.15) is 0 Å². The van der Waals surface area contributed by atoms with Gasteiger partial charge in [-0.05, 0) is 42.8 Å². The molecule has 3 aromatic rings. The fraction of sp³-hybridized carbons (Fsp3) is 0.0526. The number of fused-ring (bicyclic) bond motifs is 1. The summed E-state index contributed by atoms with van der Waals surface area (Å²) in [5.41, 5.74) is 2.94. The van der Waals surface area contributed by atoms with Crippen molar-refractivity contribution >= 4 is 34.3 Å². The molecule has 124 valence electrons. The number of nitrogens with one attached hydrogen (secondary N) is 1. The van der Waals surface area contributed by atoms with Crippen LogP contribution in [-0.4, -0.2) is 15.8 Å². The third-order valence-corrected chi connectivity index (χ3v) is 3.64. The van der Waals surface area contributed by atoms with Crippen LogP contribution >= 0.6 is 0 Å². The van der Waals surface area contributed by atoms with Gasteiger partial charge in [0.15, 0.2) is 0 Å². The Morgan fingerprint density at radius 1 is 1.16 bits per heavy atom. The molecule has 6 nitrogen and oxygen atoms in total. The molecule has 0 spiro atoms. The smallest absolute Gasteiger partial charge is 0.270 e. The van der Waals surface area contributed by atoms with Crippen LogP contribution in [0.25, 0.3) is 17.0 Å². The molecule has 1 amide bonds. The van der Waals surface area contributed by atoms with E-state index in [4.69, 9.17) is 0 Å². The Kier molecular flexibility index (Phi) is 4.52. The summed E-state index contributed by atoms with van der Waals surface area (Å²) in [5, 5.41) is 14.4. The SMILES string of the molecule is Cc1ccc2c(NC(=O)/C=C/c3cccc([N+](=O)[O-])c3)cccc2n1. The van der Waals surface area contributed by atoms with E-state index in [0.717, 1.165) is 16.6 Å². The van der Waals surface area contributed by atoms with Gasteiger partial charge in [0.25, 0.3) is 5.69 Å². The predicted octanol–water partition coefficient (Wildman–Crippen LogP) is 4.10. The van der Waals surface area contributed by atoms with Crippen LogP contribution in [-0.2, 0) is 4.79 Å². The quantitative estimate of drug-likeness (QED) is 0.442. The molecular weight excluding hydrogens is 318 g/mol. The molecule has 6 heteroatoms. The molecule has 1 heterocycles. The number of anilines is 1.